The van der Waals surface area contributed by atoms with Gasteiger partial charge >= 0.3 is 0 Å². The Labute approximate surface area is 112 Å². The van der Waals surface area contributed by atoms with Gasteiger partial charge in [0, 0.05) is 33.4 Å². The van der Waals surface area contributed by atoms with Gasteiger partial charge in [0.1, 0.15) is 0 Å². The van der Waals surface area contributed by atoms with Crippen molar-refractivity contribution in [3.8, 4) is 0 Å². The molecule has 0 aromatic rings. The largest absolute Gasteiger partial charge is 0.354 e. The Balaban J connectivity index is 5.05. The van der Waals surface area contributed by atoms with Crippen LogP contribution in [-0.2, 0) is 9.47 Å². The molecular formula is C13H31N3O2. The first-order valence-electron chi connectivity index (χ1n) is 6.54. The van der Waals surface area contributed by atoms with Crippen molar-refractivity contribution < 1.29 is 9.47 Å². The van der Waals surface area contributed by atoms with Crippen molar-refractivity contribution in [3.05, 3.63) is 0 Å². The molecule has 0 saturated heterocycles. The van der Waals surface area contributed by atoms with Crippen LogP contribution in [0.25, 0.3) is 0 Å². The molecule has 0 spiro atoms. The number of rotatable bonds is 9. The van der Waals surface area contributed by atoms with Crippen LogP contribution >= 0.6 is 0 Å². The fourth-order valence-electron chi connectivity index (χ4n) is 2.76. The zero-order chi connectivity index (χ0) is 14.3. The zero-order valence-electron chi connectivity index (χ0n) is 13.1. The van der Waals surface area contributed by atoms with Crippen LogP contribution in [0.1, 0.15) is 20.8 Å². The van der Waals surface area contributed by atoms with Crippen LogP contribution in [0.4, 0.5) is 0 Å². The van der Waals surface area contributed by atoms with Crippen molar-refractivity contribution in [2.24, 2.45) is 5.73 Å². The Hall–Kier alpha value is -0.200. The molecule has 0 rings (SSSR count). The summed E-state index contributed by atoms with van der Waals surface area (Å²) in [5, 5.41) is 0. The van der Waals surface area contributed by atoms with Crippen molar-refractivity contribution in [1.29, 1.82) is 0 Å². The molecule has 0 amide bonds. The lowest BCUT2D eigenvalue weighted by Gasteiger charge is -2.47. The average molecular weight is 261 g/mol. The Morgan fingerprint density at radius 3 is 2.00 bits per heavy atom. The van der Waals surface area contributed by atoms with Crippen molar-refractivity contribution in [2.45, 2.75) is 38.6 Å². The fraction of sp³-hybridized carbons (Fsp3) is 1.00. The highest BCUT2D eigenvalue weighted by atomic mass is 16.7. The number of hydrogen-bond acceptors (Lipinski definition) is 5. The molecule has 5 nitrogen and oxygen atoms in total. The lowest BCUT2D eigenvalue weighted by Crippen LogP contribution is -2.63. The van der Waals surface area contributed by atoms with E-state index < -0.39 is 0 Å². The Morgan fingerprint density at radius 1 is 1.22 bits per heavy atom. The van der Waals surface area contributed by atoms with Crippen LogP contribution in [0, 0.1) is 0 Å². The molecule has 0 aliphatic rings. The van der Waals surface area contributed by atoms with E-state index in [9.17, 15) is 0 Å². The number of nitrogens with two attached hydrogens (primary N) is 1. The van der Waals surface area contributed by atoms with Crippen molar-refractivity contribution in [2.75, 3.05) is 47.9 Å². The number of likely N-dealkylation sites (N-methyl/N-ethyl adjacent to an activating group) is 2. The van der Waals surface area contributed by atoms with Crippen LogP contribution in [-0.4, -0.2) is 75.6 Å². The second kappa shape index (κ2) is 8.07. The standard InChI is InChI=1S/C13H31N3O2/c1-8-16(11(2)9-15(4)5)13(3,10-14)12(17-6)18-7/h11-12H,8-10,14H2,1-7H3. The summed E-state index contributed by atoms with van der Waals surface area (Å²) in [6.45, 7) is 8.82. The molecular weight excluding hydrogens is 230 g/mol. The van der Waals surface area contributed by atoms with Gasteiger partial charge in [-0.15, -0.1) is 0 Å². The van der Waals surface area contributed by atoms with E-state index in [1.54, 1.807) is 14.2 Å². The van der Waals surface area contributed by atoms with Gasteiger partial charge in [0.25, 0.3) is 0 Å². The molecule has 110 valence electrons. The summed E-state index contributed by atoms with van der Waals surface area (Å²) in [7, 11) is 7.47. The minimum absolute atomic E-state index is 0.326. The Kier molecular flexibility index (Phi) is 7.98. The van der Waals surface area contributed by atoms with Crippen LogP contribution in [0.3, 0.4) is 0 Å². The molecule has 0 bridgehead atoms. The van der Waals surface area contributed by atoms with Crippen LogP contribution in [0.2, 0.25) is 0 Å². The van der Waals surface area contributed by atoms with Crippen molar-refractivity contribution in [3.63, 3.8) is 0 Å². The van der Waals surface area contributed by atoms with Crippen LogP contribution in [0.5, 0.6) is 0 Å². The molecule has 0 saturated carbocycles. The first-order chi connectivity index (χ1) is 8.37. The SMILES string of the molecule is CCN(C(C)CN(C)C)C(C)(CN)C(OC)OC. The summed E-state index contributed by atoms with van der Waals surface area (Å²) in [6, 6.07) is 0.381. The summed E-state index contributed by atoms with van der Waals surface area (Å²) >= 11 is 0. The number of methoxy groups -OCH3 is 2. The summed E-state index contributed by atoms with van der Waals surface area (Å²) in [5.41, 5.74) is 5.66. The third-order valence-electron chi connectivity index (χ3n) is 3.51. The fourth-order valence-corrected chi connectivity index (χ4v) is 2.76. The van der Waals surface area contributed by atoms with Gasteiger partial charge in [0.2, 0.25) is 0 Å². The van der Waals surface area contributed by atoms with E-state index in [4.69, 9.17) is 15.2 Å². The summed E-state index contributed by atoms with van der Waals surface area (Å²) in [5.74, 6) is 0. The molecule has 0 heterocycles. The Morgan fingerprint density at radius 2 is 1.72 bits per heavy atom. The predicted octanol–water partition coefficient (Wildman–Crippen LogP) is 0.595. The lowest BCUT2D eigenvalue weighted by atomic mass is 9.96. The molecule has 0 aromatic carbocycles. The van der Waals surface area contributed by atoms with E-state index in [-0.39, 0.29) is 11.8 Å². The molecule has 0 aliphatic heterocycles. The van der Waals surface area contributed by atoms with Crippen molar-refractivity contribution in [1.82, 2.24) is 9.80 Å². The quantitative estimate of drug-likeness (QED) is 0.616. The first-order valence-corrected chi connectivity index (χ1v) is 6.54. The smallest absolute Gasteiger partial charge is 0.176 e. The van der Waals surface area contributed by atoms with Gasteiger partial charge in [-0.1, -0.05) is 6.92 Å². The summed E-state index contributed by atoms with van der Waals surface area (Å²) in [6.07, 6.45) is -0.327. The molecule has 0 fully saturated rings. The number of ether oxygens (including phenoxy) is 2. The second-order valence-electron chi connectivity index (χ2n) is 5.26. The average Bonchev–Trinajstić information content (AvgIpc) is 2.30. The minimum Gasteiger partial charge on any atom is -0.354 e. The van der Waals surface area contributed by atoms with Crippen LogP contribution < -0.4 is 5.73 Å². The molecule has 2 N–H and O–H groups in total. The van der Waals surface area contributed by atoms with Gasteiger partial charge in [-0.05, 0) is 34.5 Å². The van der Waals surface area contributed by atoms with Crippen LogP contribution in [0.15, 0.2) is 0 Å². The number of nitrogens with zero attached hydrogens (tertiary/aromatic N) is 2. The van der Waals surface area contributed by atoms with E-state index in [0.29, 0.717) is 12.6 Å². The molecule has 0 aromatic heterocycles. The predicted molar refractivity (Wildman–Crippen MR) is 75.7 cm³/mol. The molecule has 0 aliphatic carbocycles. The normalized spacial score (nSPS) is 17.5. The van der Waals surface area contributed by atoms with Gasteiger partial charge in [-0.25, -0.2) is 0 Å². The first kappa shape index (κ1) is 17.8. The highest BCUT2D eigenvalue weighted by Gasteiger charge is 2.41. The highest BCUT2D eigenvalue weighted by molar-refractivity contribution is 4.93. The van der Waals surface area contributed by atoms with Gasteiger partial charge in [-0.2, -0.15) is 0 Å². The van der Waals surface area contributed by atoms with Crippen molar-refractivity contribution >= 4 is 0 Å². The van der Waals surface area contributed by atoms with E-state index in [2.05, 4.69) is 44.7 Å². The van der Waals surface area contributed by atoms with Gasteiger partial charge in [0.05, 0.1) is 5.54 Å². The molecule has 0 radical (unpaired) electrons. The van der Waals surface area contributed by atoms with E-state index in [0.717, 1.165) is 13.1 Å². The molecule has 2 unspecified atom stereocenters. The van der Waals surface area contributed by atoms with E-state index in [1.807, 2.05) is 0 Å². The third kappa shape index (κ3) is 4.17. The molecule has 2 atom stereocenters. The van der Waals surface area contributed by atoms with E-state index in [1.165, 1.54) is 0 Å². The monoisotopic (exact) mass is 261 g/mol. The van der Waals surface area contributed by atoms with Gasteiger partial charge < -0.3 is 20.1 Å². The molecule has 5 heteroatoms. The topological polar surface area (TPSA) is 51.0 Å². The molecule has 18 heavy (non-hydrogen) atoms. The van der Waals surface area contributed by atoms with E-state index >= 15 is 0 Å². The van der Waals surface area contributed by atoms with Gasteiger partial charge in [-0.3, -0.25) is 4.90 Å². The zero-order valence-corrected chi connectivity index (χ0v) is 13.1. The lowest BCUT2D eigenvalue weighted by molar-refractivity contribution is -0.187. The maximum atomic E-state index is 5.99. The summed E-state index contributed by atoms with van der Waals surface area (Å²) < 4.78 is 10.9. The maximum Gasteiger partial charge on any atom is 0.176 e. The third-order valence-corrected chi connectivity index (χ3v) is 3.51. The van der Waals surface area contributed by atoms with Gasteiger partial charge in [0.15, 0.2) is 6.29 Å². The highest BCUT2D eigenvalue weighted by Crippen LogP contribution is 2.24. The Bertz CT molecular complexity index is 222. The summed E-state index contributed by atoms with van der Waals surface area (Å²) in [4.78, 5) is 4.53. The second-order valence-corrected chi connectivity index (χ2v) is 5.26. The number of hydrogen-bond donors (Lipinski definition) is 1. The maximum absolute atomic E-state index is 5.99. The minimum atomic E-state index is -0.327.